The van der Waals surface area contributed by atoms with E-state index >= 15 is 0 Å². The highest BCUT2D eigenvalue weighted by Gasteiger charge is 2.48. The third-order valence-corrected chi connectivity index (χ3v) is 4.19. The van der Waals surface area contributed by atoms with Crippen molar-refractivity contribution in [3.8, 4) is 0 Å². The first-order chi connectivity index (χ1) is 7.54. The average Bonchev–Trinajstić information content (AvgIpc) is 2.76. The van der Waals surface area contributed by atoms with Gasteiger partial charge in [-0.2, -0.15) is 0 Å². The molecule has 4 nitrogen and oxygen atoms in total. The molecule has 1 aromatic rings. The molecular formula is C11H15NO3S. The van der Waals surface area contributed by atoms with Crippen LogP contribution in [0, 0.1) is 12.3 Å². The van der Waals surface area contributed by atoms with Crippen LogP contribution in [0.15, 0.2) is 6.20 Å². The molecule has 0 spiro atoms. The molecule has 1 fully saturated rings. The molecule has 0 radical (unpaired) electrons. The summed E-state index contributed by atoms with van der Waals surface area (Å²) < 4.78 is 5.41. The van der Waals surface area contributed by atoms with Gasteiger partial charge in [-0.05, 0) is 20.3 Å². The van der Waals surface area contributed by atoms with Gasteiger partial charge in [0.2, 0.25) is 0 Å². The number of hydrogen-bond donors (Lipinski definition) is 1. The van der Waals surface area contributed by atoms with Crippen LogP contribution < -0.4 is 0 Å². The van der Waals surface area contributed by atoms with Gasteiger partial charge in [-0.15, -0.1) is 11.3 Å². The Bertz CT molecular complexity index is 404. The lowest BCUT2D eigenvalue weighted by atomic mass is 9.78. The molecule has 0 amide bonds. The quantitative estimate of drug-likeness (QED) is 0.877. The van der Waals surface area contributed by atoms with Gasteiger partial charge in [0.25, 0.3) is 0 Å². The predicted molar refractivity (Wildman–Crippen MR) is 60.7 cm³/mol. The molecule has 0 bridgehead atoms. The van der Waals surface area contributed by atoms with Gasteiger partial charge in [0, 0.05) is 24.1 Å². The van der Waals surface area contributed by atoms with E-state index in [1.165, 1.54) is 0 Å². The number of thiazole rings is 1. The highest BCUT2D eigenvalue weighted by Crippen LogP contribution is 2.39. The van der Waals surface area contributed by atoms with Crippen molar-refractivity contribution >= 4 is 17.3 Å². The van der Waals surface area contributed by atoms with E-state index in [0.29, 0.717) is 19.4 Å². The summed E-state index contributed by atoms with van der Waals surface area (Å²) in [7, 11) is 0. The monoisotopic (exact) mass is 241 g/mol. The number of carboxylic acid groups (broad SMARTS) is 1. The molecule has 1 aliphatic rings. The lowest BCUT2D eigenvalue weighted by Crippen LogP contribution is -2.39. The number of nitrogens with zero attached hydrogens (tertiary/aromatic N) is 1. The van der Waals surface area contributed by atoms with Gasteiger partial charge in [0.15, 0.2) is 0 Å². The topological polar surface area (TPSA) is 59.4 Å². The lowest BCUT2D eigenvalue weighted by Gasteiger charge is -2.26. The third-order valence-electron chi connectivity index (χ3n) is 3.28. The zero-order valence-electron chi connectivity index (χ0n) is 9.40. The van der Waals surface area contributed by atoms with E-state index in [4.69, 9.17) is 4.74 Å². The molecular weight excluding hydrogens is 226 g/mol. The number of hydrogen-bond acceptors (Lipinski definition) is 4. The Labute approximate surface area is 98.3 Å². The minimum Gasteiger partial charge on any atom is -0.481 e. The number of ether oxygens (including phenoxy) is 1. The van der Waals surface area contributed by atoms with Crippen molar-refractivity contribution in [3.63, 3.8) is 0 Å². The fourth-order valence-corrected chi connectivity index (χ4v) is 3.09. The highest BCUT2D eigenvalue weighted by atomic mass is 32.1. The molecule has 5 heteroatoms. The van der Waals surface area contributed by atoms with Gasteiger partial charge < -0.3 is 9.84 Å². The van der Waals surface area contributed by atoms with Gasteiger partial charge in [0.05, 0.1) is 11.1 Å². The maximum absolute atomic E-state index is 11.4. The zero-order chi connectivity index (χ0) is 11.8. The second-order valence-corrected chi connectivity index (χ2v) is 5.57. The van der Waals surface area contributed by atoms with Crippen LogP contribution in [0.4, 0.5) is 0 Å². The Hall–Kier alpha value is -0.940. The molecule has 2 heterocycles. The standard InChI is InChI=1S/C11H15NO3S/c1-7-11(10(13)14,3-4-15-7)5-9-6-12-8(2)16-9/h6-7H,3-5H2,1-2H3,(H,13,14). The Morgan fingerprint density at radius 2 is 2.56 bits per heavy atom. The average molecular weight is 241 g/mol. The van der Waals surface area contributed by atoms with E-state index < -0.39 is 11.4 Å². The number of aromatic nitrogens is 1. The fourth-order valence-electron chi connectivity index (χ4n) is 2.17. The number of aliphatic carboxylic acids is 1. The molecule has 88 valence electrons. The van der Waals surface area contributed by atoms with E-state index in [1.54, 1.807) is 17.5 Å². The lowest BCUT2D eigenvalue weighted by molar-refractivity contribution is -0.151. The summed E-state index contributed by atoms with van der Waals surface area (Å²) in [5.74, 6) is -0.761. The largest absolute Gasteiger partial charge is 0.481 e. The molecule has 1 aromatic heterocycles. The van der Waals surface area contributed by atoms with Crippen LogP contribution in [0.5, 0.6) is 0 Å². The van der Waals surface area contributed by atoms with Crippen LogP contribution in [0.1, 0.15) is 23.2 Å². The number of rotatable bonds is 3. The van der Waals surface area contributed by atoms with Crippen LogP contribution in [-0.2, 0) is 16.0 Å². The molecule has 2 atom stereocenters. The van der Waals surface area contributed by atoms with Crippen LogP contribution >= 0.6 is 11.3 Å². The van der Waals surface area contributed by atoms with E-state index in [9.17, 15) is 9.90 Å². The summed E-state index contributed by atoms with van der Waals surface area (Å²) in [5.41, 5.74) is -0.765. The first kappa shape index (κ1) is 11.5. The Morgan fingerprint density at radius 3 is 3.00 bits per heavy atom. The smallest absolute Gasteiger partial charge is 0.312 e. The SMILES string of the molecule is Cc1ncc(CC2(C(=O)O)CCOC2C)s1. The second kappa shape index (κ2) is 4.14. The first-order valence-electron chi connectivity index (χ1n) is 5.31. The fraction of sp³-hybridized carbons (Fsp3) is 0.636. The van der Waals surface area contributed by atoms with Gasteiger partial charge >= 0.3 is 5.97 Å². The maximum atomic E-state index is 11.4. The summed E-state index contributed by atoms with van der Waals surface area (Å²) >= 11 is 1.56. The normalized spacial score (nSPS) is 29.5. The molecule has 1 aliphatic heterocycles. The van der Waals surface area contributed by atoms with Gasteiger partial charge in [-0.3, -0.25) is 4.79 Å². The van der Waals surface area contributed by atoms with Crippen LogP contribution in [0.25, 0.3) is 0 Å². The van der Waals surface area contributed by atoms with E-state index in [0.717, 1.165) is 9.88 Å². The highest BCUT2D eigenvalue weighted by molar-refractivity contribution is 7.11. The van der Waals surface area contributed by atoms with Crippen LogP contribution in [-0.4, -0.2) is 28.8 Å². The van der Waals surface area contributed by atoms with E-state index in [2.05, 4.69) is 4.98 Å². The summed E-state index contributed by atoms with van der Waals surface area (Å²) in [6.45, 7) is 4.30. The minimum absolute atomic E-state index is 0.229. The number of carbonyl (C=O) groups is 1. The summed E-state index contributed by atoms with van der Waals surface area (Å²) in [4.78, 5) is 16.6. The first-order valence-corrected chi connectivity index (χ1v) is 6.12. The molecule has 16 heavy (non-hydrogen) atoms. The van der Waals surface area contributed by atoms with Crippen molar-refractivity contribution in [2.24, 2.45) is 5.41 Å². The zero-order valence-corrected chi connectivity index (χ0v) is 10.2. The summed E-state index contributed by atoms with van der Waals surface area (Å²) in [5, 5.41) is 10.4. The third kappa shape index (κ3) is 1.85. The molecule has 0 aromatic carbocycles. The van der Waals surface area contributed by atoms with Gasteiger partial charge in [-0.1, -0.05) is 0 Å². The summed E-state index contributed by atoms with van der Waals surface area (Å²) in [6, 6.07) is 0. The predicted octanol–water partition coefficient (Wildman–Crippen LogP) is 1.87. The number of carboxylic acids is 1. The van der Waals surface area contributed by atoms with Crippen LogP contribution in [0.2, 0.25) is 0 Å². The van der Waals surface area contributed by atoms with Gasteiger partial charge in [-0.25, -0.2) is 4.98 Å². The Balaban J connectivity index is 2.24. The number of aryl methyl sites for hydroxylation is 1. The Kier molecular flexibility index (Phi) is 2.99. The molecule has 1 saturated heterocycles. The van der Waals surface area contributed by atoms with Crippen molar-refractivity contribution in [2.75, 3.05) is 6.61 Å². The van der Waals surface area contributed by atoms with Crippen LogP contribution in [0.3, 0.4) is 0 Å². The Morgan fingerprint density at radius 1 is 1.81 bits per heavy atom. The molecule has 2 unspecified atom stereocenters. The maximum Gasteiger partial charge on any atom is 0.312 e. The molecule has 2 rings (SSSR count). The van der Waals surface area contributed by atoms with Crippen molar-refractivity contribution in [1.29, 1.82) is 0 Å². The minimum atomic E-state index is -0.765. The van der Waals surface area contributed by atoms with Crippen molar-refractivity contribution in [3.05, 3.63) is 16.1 Å². The van der Waals surface area contributed by atoms with E-state index in [-0.39, 0.29) is 6.10 Å². The molecule has 0 aliphatic carbocycles. The summed E-state index contributed by atoms with van der Waals surface area (Å²) in [6.07, 6.45) is 2.65. The van der Waals surface area contributed by atoms with Crippen molar-refractivity contribution in [1.82, 2.24) is 4.98 Å². The molecule has 1 N–H and O–H groups in total. The van der Waals surface area contributed by atoms with E-state index in [1.807, 2.05) is 13.8 Å². The second-order valence-electron chi connectivity index (χ2n) is 4.25. The van der Waals surface area contributed by atoms with Crippen molar-refractivity contribution in [2.45, 2.75) is 32.8 Å². The molecule has 0 saturated carbocycles. The van der Waals surface area contributed by atoms with Gasteiger partial charge in [0.1, 0.15) is 5.41 Å². The van der Waals surface area contributed by atoms with Crippen molar-refractivity contribution < 1.29 is 14.6 Å².